The second-order valence-corrected chi connectivity index (χ2v) is 6.72. The van der Waals surface area contributed by atoms with Crippen LogP contribution >= 0.6 is 0 Å². The van der Waals surface area contributed by atoms with Crippen LogP contribution in [0.15, 0.2) is 0 Å². The van der Waals surface area contributed by atoms with E-state index in [4.69, 9.17) is 9.47 Å². The summed E-state index contributed by atoms with van der Waals surface area (Å²) in [7, 11) is 0. The molecule has 3 heteroatoms. The van der Waals surface area contributed by atoms with Crippen LogP contribution in [0.4, 0.5) is 0 Å². The highest BCUT2D eigenvalue weighted by Crippen LogP contribution is 2.57. The zero-order chi connectivity index (χ0) is 13.3. The largest absolute Gasteiger partial charge is 0.381 e. The minimum atomic E-state index is 0.495. The monoisotopic (exact) mass is 267 g/mol. The molecule has 1 saturated heterocycles. The Balaban J connectivity index is 1.52. The molecule has 1 spiro atoms. The van der Waals surface area contributed by atoms with Crippen molar-refractivity contribution in [3.63, 3.8) is 0 Å². The molecule has 1 heterocycles. The smallest absolute Gasteiger partial charge is 0.0661 e. The minimum Gasteiger partial charge on any atom is -0.381 e. The van der Waals surface area contributed by atoms with Crippen molar-refractivity contribution in [1.82, 2.24) is 5.32 Å². The van der Waals surface area contributed by atoms with E-state index in [-0.39, 0.29) is 0 Å². The van der Waals surface area contributed by atoms with Crippen LogP contribution in [0.1, 0.15) is 52.4 Å². The maximum atomic E-state index is 5.93. The molecule has 0 aromatic carbocycles. The number of ether oxygens (including phenoxy) is 2. The van der Waals surface area contributed by atoms with Crippen molar-refractivity contribution in [3.8, 4) is 0 Å². The summed E-state index contributed by atoms with van der Waals surface area (Å²) in [5.41, 5.74) is 0.495. The van der Waals surface area contributed by atoms with Gasteiger partial charge in [0.25, 0.3) is 0 Å². The van der Waals surface area contributed by atoms with Crippen LogP contribution in [0.3, 0.4) is 0 Å². The zero-order valence-electron chi connectivity index (χ0n) is 12.5. The number of rotatable bonds is 5. The Morgan fingerprint density at radius 3 is 2.63 bits per heavy atom. The molecule has 19 heavy (non-hydrogen) atoms. The van der Waals surface area contributed by atoms with Gasteiger partial charge in [-0.05, 0) is 51.9 Å². The molecular weight excluding hydrogens is 238 g/mol. The molecule has 3 aliphatic rings. The fourth-order valence-corrected chi connectivity index (χ4v) is 4.34. The van der Waals surface area contributed by atoms with Crippen LogP contribution in [0.2, 0.25) is 0 Å². The van der Waals surface area contributed by atoms with Gasteiger partial charge in [-0.15, -0.1) is 0 Å². The van der Waals surface area contributed by atoms with E-state index in [2.05, 4.69) is 19.2 Å². The lowest BCUT2D eigenvalue weighted by atomic mass is 9.51. The average molecular weight is 267 g/mol. The van der Waals surface area contributed by atoms with Crippen LogP contribution in [-0.4, -0.2) is 38.0 Å². The first-order valence-corrected chi connectivity index (χ1v) is 8.21. The molecule has 3 fully saturated rings. The van der Waals surface area contributed by atoms with Gasteiger partial charge in [-0.3, -0.25) is 0 Å². The molecule has 0 amide bonds. The summed E-state index contributed by atoms with van der Waals surface area (Å²) in [5.74, 6) is 0.803. The lowest BCUT2D eigenvalue weighted by Gasteiger charge is -2.62. The Bertz CT molecular complexity index is 297. The molecule has 3 unspecified atom stereocenters. The summed E-state index contributed by atoms with van der Waals surface area (Å²) in [6, 6.07) is 1.34. The molecule has 1 N–H and O–H groups in total. The predicted octanol–water partition coefficient (Wildman–Crippen LogP) is 2.74. The minimum absolute atomic E-state index is 0.495. The van der Waals surface area contributed by atoms with Crippen LogP contribution in [-0.2, 0) is 9.47 Å². The molecular formula is C16H29NO2. The standard InChI is InChI=1S/C16H29NO2/c1-3-19-15-11-14(16(15)7-4-8-16)17-12(2)13-5-9-18-10-6-13/h12-15,17H,3-11H2,1-2H3. The van der Waals surface area contributed by atoms with Crippen LogP contribution in [0.5, 0.6) is 0 Å². The Morgan fingerprint density at radius 1 is 1.32 bits per heavy atom. The van der Waals surface area contributed by atoms with Gasteiger partial charge in [0, 0.05) is 37.3 Å². The van der Waals surface area contributed by atoms with Crippen molar-refractivity contribution in [2.24, 2.45) is 11.3 Å². The molecule has 3 nitrogen and oxygen atoms in total. The predicted molar refractivity (Wildman–Crippen MR) is 76.2 cm³/mol. The van der Waals surface area contributed by atoms with Gasteiger partial charge in [-0.2, -0.15) is 0 Å². The highest BCUT2D eigenvalue weighted by Gasteiger charge is 2.58. The molecule has 110 valence electrons. The molecule has 2 aliphatic carbocycles. The summed E-state index contributed by atoms with van der Waals surface area (Å²) in [5, 5.41) is 3.93. The van der Waals surface area contributed by atoms with Gasteiger partial charge < -0.3 is 14.8 Å². The Hall–Kier alpha value is -0.120. The third-order valence-corrected chi connectivity index (χ3v) is 5.87. The molecule has 3 rings (SSSR count). The van der Waals surface area contributed by atoms with Crippen LogP contribution in [0, 0.1) is 11.3 Å². The fraction of sp³-hybridized carbons (Fsp3) is 1.00. The average Bonchev–Trinajstić information content (AvgIpc) is 2.36. The molecule has 3 atom stereocenters. The highest BCUT2D eigenvalue weighted by molar-refractivity contribution is 5.12. The van der Waals surface area contributed by atoms with Crippen molar-refractivity contribution in [2.75, 3.05) is 19.8 Å². The SMILES string of the molecule is CCOC1CC(NC(C)C2CCOCC2)C12CCC2. The van der Waals surface area contributed by atoms with Gasteiger partial charge in [0.05, 0.1) is 6.10 Å². The summed E-state index contributed by atoms with van der Waals surface area (Å²) < 4.78 is 11.4. The van der Waals surface area contributed by atoms with Gasteiger partial charge in [0.1, 0.15) is 0 Å². The lowest BCUT2D eigenvalue weighted by Crippen LogP contribution is -2.68. The molecule has 0 aromatic heterocycles. The van der Waals surface area contributed by atoms with Crippen molar-refractivity contribution in [1.29, 1.82) is 0 Å². The fourth-order valence-electron chi connectivity index (χ4n) is 4.34. The van der Waals surface area contributed by atoms with E-state index in [1.165, 1.54) is 38.5 Å². The van der Waals surface area contributed by atoms with Gasteiger partial charge >= 0.3 is 0 Å². The van der Waals surface area contributed by atoms with E-state index < -0.39 is 0 Å². The molecule has 2 saturated carbocycles. The van der Waals surface area contributed by atoms with Crippen molar-refractivity contribution in [2.45, 2.75) is 70.6 Å². The van der Waals surface area contributed by atoms with Crippen molar-refractivity contribution in [3.05, 3.63) is 0 Å². The summed E-state index contributed by atoms with van der Waals surface area (Å²) in [4.78, 5) is 0. The third-order valence-electron chi connectivity index (χ3n) is 5.87. The highest BCUT2D eigenvalue weighted by atomic mass is 16.5. The number of hydrogen-bond donors (Lipinski definition) is 1. The molecule has 0 aromatic rings. The van der Waals surface area contributed by atoms with E-state index in [0.29, 0.717) is 23.6 Å². The Kier molecular flexibility index (Phi) is 4.16. The van der Waals surface area contributed by atoms with Crippen LogP contribution in [0.25, 0.3) is 0 Å². The second kappa shape index (κ2) is 5.71. The maximum absolute atomic E-state index is 5.93. The number of nitrogens with one attached hydrogen (secondary N) is 1. The maximum Gasteiger partial charge on any atom is 0.0661 e. The topological polar surface area (TPSA) is 30.5 Å². The van der Waals surface area contributed by atoms with E-state index in [0.717, 1.165) is 25.7 Å². The van der Waals surface area contributed by atoms with Crippen molar-refractivity contribution >= 4 is 0 Å². The molecule has 0 radical (unpaired) electrons. The lowest BCUT2D eigenvalue weighted by molar-refractivity contribution is -0.175. The Morgan fingerprint density at radius 2 is 2.05 bits per heavy atom. The summed E-state index contributed by atoms with van der Waals surface area (Å²) in [6.45, 7) is 7.27. The summed E-state index contributed by atoms with van der Waals surface area (Å²) in [6.07, 6.45) is 8.34. The first kappa shape index (κ1) is 13.8. The van der Waals surface area contributed by atoms with Crippen LogP contribution < -0.4 is 5.32 Å². The van der Waals surface area contributed by atoms with E-state index in [9.17, 15) is 0 Å². The van der Waals surface area contributed by atoms with Gasteiger partial charge in [0.15, 0.2) is 0 Å². The van der Waals surface area contributed by atoms with Gasteiger partial charge in [-0.1, -0.05) is 6.42 Å². The quantitative estimate of drug-likeness (QED) is 0.831. The number of hydrogen-bond acceptors (Lipinski definition) is 3. The molecule has 0 bridgehead atoms. The first-order chi connectivity index (χ1) is 9.26. The normalized spacial score (nSPS) is 35.7. The van der Waals surface area contributed by atoms with Gasteiger partial charge in [-0.25, -0.2) is 0 Å². The Labute approximate surface area is 117 Å². The van der Waals surface area contributed by atoms with E-state index in [1.807, 2.05) is 0 Å². The van der Waals surface area contributed by atoms with E-state index >= 15 is 0 Å². The second-order valence-electron chi connectivity index (χ2n) is 6.72. The molecule has 1 aliphatic heterocycles. The van der Waals surface area contributed by atoms with Crippen molar-refractivity contribution < 1.29 is 9.47 Å². The first-order valence-electron chi connectivity index (χ1n) is 8.21. The van der Waals surface area contributed by atoms with Gasteiger partial charge in [0.2, 0.25) is 0 Å². The third kappa shape index (κ3) is 2.45. The van der Waals surface area contributed by atoms with E-state index in [1.54, 1.807) is 0 Å². The zero-order valence-corrected chi connectivity index (χ0v) is 12.5. The summed E-state index contributed by atoms with van der Waals surface area (Å²) >= 11 is 0.